The predicted octanol–water partition coefficient (Wildman–Crippen LogP) is 1.90. The van der Waals surface area contributed by atoms with Crippen molar-refractivity contribution in [3.8, 4) is 0 Å². The number of fused-ring (bicyclic) bond motifs is 3. The Bertz CT molecular complexity index is 785. The number of hydrogen-bond acceptors (Lipinski definition) is 5. The minimum atomic E-state index is -0.0797. The summed E-state index contributed by atoms with van der Waals surface area (Å²) in [4.78, 5) is 30.2. The van der Waals surface area contributed by atoms with Gasteiger partial charge >= 0.3 is 0 Å². The highest BCUT2D eigenvalue weighted by atomic mass is 16.5. The van der Waals surface area contributed by atoms with Crippen LogP contribution in [0, 0.1) is 12.8 Å². The number of rotatable bonds is 4. The molecule has 6 heteroatoms. The van der Waals surface area contributed by atoms with Crippen LogP contribution in [0.2, 0.25) is 0 Å². The van der Waals surface area contributed by atoms with E-state index in [4.69, 9.17) is 4.74 Å². The number of carbonyl (C=O) groups excluding carboxylic acids is 2. The first-order valence-electron chi connectivity index (χ1n) is 10.4. The SMILES string of the molecule is Cc1cc2c(c3c1N(CCO)C(=O)CC3C)C(=O)C(CN1CCOCC1)CC2. The number of morpholine rings is 1. The monoisotopic (exact) mass is 386 g/mol. The molecule has 1 fully saturated rings. The van der Waals surface area contributed by atoms with Crippen molar-refractivity contribution in [1.29, 1.82) is 0 Å². The molecule has 2 heterocycles. The second-order valence-corrected chi connectivity index (χ2v) is 8.38. The highest BCUT2D eigenvalue weighted by Crippen LogP contribution is 2.44. The Hall–Kier alpha value is -1.76. The predicted molar refractivity (Wildman–Crippen MR) is 107 cm³/mol. The number of anilines is 1. The molecule has 3 aliphatic rings. The maximum Gasteiger partial charge on any atom is 0.227 e. The van der Waals surface area contributed by atoms with Crippen molar-refractivity contribution >= 4 is 17.4 Å². The van der Waals surface area contributed by atoms with Crippen molar-refractivity contribution < 1.29 is 19.4 Å². The van der Waals surface area contributed by atoms with Gasteiger partial charge in [0.15, 0.2) is 5.78 Å². The number of carbonyl (C=O) groups is 2. The third-order valence-corrected chi connectivity index (χ3v) is 6.44. The minimum Gasteiger partial charge on any atom is -0.395 e. The fraction of sp³-hybridized carbons (Fsp3) is 0.636. The van der Waals surface area contributed by atoms with Gasteiger partial charge in [0.1, 0.15) is 0 Å². The first-order valence-corrected chi connectivity index (χ1v) is 10.4. The smallest absolute Gasteiger partial charge is 0.227 e. The maximum absolute atomic E-state index is 13.6. The van der Waals surface area contributed by atoms with Gasteiger partial charge in [0.25, 0.3) is 0 Å². The van der Waals surface area contributed by atoms with Gasteiger partial charge in [-0.15, -0.1) is 0 Å². The minimum absolute atomic E-state index is 0.00789. The second kappa shape index (κ2) is 7.93. The lowest BCUT2D eigenvalue weighted by molar-refractivity contribution is -0.119. The summed E-state index contributed by atoms with van der Waals surface area (Å²) in [6.45, 7) is 8.30. The maximum atomic E-state index is 13.6. The molecule has 2 aliphatic heterocycles. The van der Waals surface area contributed by atoms with Gasteiger partial charge in [0.05, 0.1) is 25.5 Å². The van der Waals surface area contributed by atoms with E-state index in [1.54, 1.807) is 4.90 Å². The lowest BCUT2D eigenvalue weighted by Crippen LogP contribution is -2.43. The molecule has 2 unspecified atom stereocenters. The summed E-state index contributed by atoms with van der Waals surface area (Å²) in [6, 6.07) is 2.09. The van der Waals surface area contributed by atoms with Gasteiger partial charge in [0.2, 0.25) is 5.91 Å². The number of nitrogens with zero attached hydrogens (tertiary/aromatic N) is 2. The van der Waals surface area contributed by atoms with E-state index in [9.17, 15) is 14.7 Å². The first-order chi connectivity index (χ1) is 13.5. The van der Waals surface area contributed by atoms with E-state index in [0.717, 1.165) is 73.6 Å². The average Bonchev–Trinajstić information content (AvgIpc) is 2.68. The Morgan fingerprint density at radius 1 is 1.25 bits per heavy atom. The summed E-state index contributed by atoms with van der Waals surface area (Å²) in [6.07, 6.45) is 2.18. The van der Waals surface area contributed by atoms with Crippen LogP contribution in [-0.2, 0) is 16.0 Å². The van der Waals surface area contributed by atoms with Crippen molar-refractivity contribution in [1.82, 2.24) is 4.90 Å². The highest BCUT2D eigenvalue weighted by Gasteiger charge is 2.38. The third-order valence-electron chi connectivity index (χ3n) is 6.44. The average molecular weight is 386 g/mol. The highest BCUT2D eigenvalue weighted by molar-refractivity contribution is 6.07. The topological polar surface area (TPSA) is 70.1 Å². The van der Waals surface area contributed by atoms with Gasteiger partial charge in [-0.25, -0.2) is 0 Å². The number of Topliss-reactive ketones (excluding diaryl/α,β-unsaturated/α-hetero) is 1. The van der Waals surface area contributed by atoms with Gasteiger partial charge in [-0.05, 0) is 42.4 Å². The Kier molecular flexibility index (Phi) is 5.54. The number of hydrogen-bond donors (Lipinski definition) is 1. The van der Waals surface area contributed by atoms with Crippen LogP contribution in [0.3, 0.4) is 0 Å². The number of aliphatic hydroxyl groups excluding tert-OH is 1. The lowest BCUT2D eigenvalue weighted by atomic mass is 9.74. The molecular weight excluding hydrogens is 356 g/mol. The number of β-amino-alcohol motifs (C(OH)–C–C–N with tert-alkyl or cyclic N) is 1. The fourth-order valence-corrected chi connectivity index (χ4v) is 5.10. The Balaban J connectivity index is 1.72. The van der Waals surface area contributed by atoms with Crippen molar-refractivity contribution in [2.75, 3.05) is 50.9 Å². The van der Waals surface area contributed by atoms with Gasteiger partial charge in [-0.3, -0.25) is 14.5 Å². The number of benzene rings is 1. The zero-order valence-corrected chi connectivity index (χ0v) is 16.9. The quantitative estimate of drug-likeness (QED) is 0.856. The van der Waals surface area contributed by atoms with E-state index in [-0.39, 0.29) is 36.7 Å². The number of aryl methyl sites for hydroxylation is 2. The third kappa shape index (κ3) is 3.38. The van der Waals surface area contributed by atoms with E-state index in [0.29, 0.717) is 6.42 Å². The molecule has 0 aromatic heterocycles. The van der Waals surface area contributed by atoms with Crippen molar-refractivity contribution in [3.05, 3.63) is 28.3 Å². The van der Waals surface area contributed by atoms with Crippen LogP contribution in [-0.4, -0.2) is 67.7 Å². The van der Waals surface area contributed by atoms with Crippen molar-refractivity contribution in [2.24, 2.45) is 5.92 Å². The Labute approximate surface area is 166 Å². The fourth-order valence-electron chi connectivity index (χ4n) is 5.10. The standard InChI is InChI=1S/C22H30N2O4/c1-14-12-18(26)24(5-8-25)21-15(2)11-16-3-4-17(22(27)20(16)19(14)21)13-23-6-9-28-10-7-23/h11,14,17,25H,3-10,12-13H2,1-2H3. The zero-order valence-electron chi connectivity index (χ0n) is 16.9. The molecular formula is C22H30N2O4. The van der Waals surface area contributed by atoms with Crippen molar-refractivity contribution in [2.45, 2.75) is 39.0 Å². The molecule has 1 aromatic rings. The molecule has 0 bridgehead atoms. The molecule has 2 atom stereocenters. The summed E-state index contributed by atoms with van der Waals surface area (Å²) in [5.74, 6) is 0.296. The second-order valence-electron chi connectivity index (χ2n) is 8.38. The molecule has 4 rings (SSSR count). The Morgan fingerprint density at radius 2 is 2.00 bits per heavy atom. The number of amides is 1. The molecule has 1 aliphatic carbocycles. The summed E-state index contributed by atoms with van der Waals surface area (Å²) in [5.41, 5.74) is 4.90. The summed E-state index contributed by atoms with van der Waals surface area (Å²) in [7, 11) is 0. The van der Waals surface area contributed by atoms with E-state index in [1.807, 2.05) is 13.8 Å². The molecule has 28 heavy (non-hydrogen) atoms. The zero-order chi connectivity index (χ0) is 19.8. The molecule has 6 nitrogen and oxygen atoms in total. The van der Waals surface area contributed by atoms with Crippen molar-refractivity contribution in [3.63, 3.8) is 0 Å². The van der Waals surface area contributed by atoms with Crippen LogP contribution < -0.4 is 4.90 Å². The van der Waals surface area contributed by atoms with E-state index >= 15 is 0 Å². The molecule has 1 amide bonds. The molecule has 1 aromatic carbocycles. The molecule has 152 valence electrons. The van der Waals surface area contributed by atoms with Crippen LogP contribution in [0.15, 0.2) is 6.07 Å². The normalized spacial score (nSPS) is 25.6. The van der Waals surface area contributed by atoms with Gasteiger partial charge in [-0.2, -0.15) is 0 Å². The lowest BCUT2D eigenvalue weighted by Gasteiger charge is -2.38. The van der Waals surface area contributed by atoms with E-state index in [1.165, 1.54) is 0 Å². The van der Waals surface area contributed by atoms with Gasteiger partial charge in [-0.1, -0.05) is 13.0 Å². The summed E-state index contributed by atoms with van der Waals surface area (Å²) < 4.78 is 5.43. The molecule has 0 saturated carbocycles. The molecule has 0 radical (unpaired) electrons. The van der Waals surface area contributed by atoms with E-state index in [2.05, 4.69) is 11.0 Å². The summed E-state index contributed by atoms with van der Waals surface area (Å²) in [5, 5.41) is 9.46. The molecule has 1 N–H and O–H groups in total. The van der Waals surface area contributed by atoms with Crippen LogP contribution >= 0.6 is 0 Å². The van der Waals surface area contributed by atoms with Gasteiger partial charge < -0.3 is 14.7 Å². The van der Waals surface area contributed by atoms with Crippen LogP contribution in [0.25, 0.3) is 0 Å². The summed E-state index contributed by atoms with van der Waals surface area (Å²) >= 11 is 0. The van der Waals surface area contributed by atoms with Gasteiger partial charge in [0, 0.05) is 44.1 Å². The van der Waals surface area contributed by atoms with Crippen LogP contribution in [0.4, 0.5) is 5.69 Å². The number of ketones is 1. The molecule has 1 saturated heterocycles. The number of aliphatic hydroxyl groups is 1. The molecule has 0 spiro atoms. The number of ether oxygens (including phenoxy) is 1. The first kappa shape index (κ1) is 19.6. The van der Waals surface area contributed by atoms with Crippen LogP contribution in [0.1, 0.15) is 52.7 Å². The van der Waals surface area contributed by atoms with E-state index < -0.39 is 0 Å². The Morgan fingerprint density at radius 3 is 2.71 bits per heavy atom. The van der Waals surface area contributed by atoms with Crippen LogP contribution in [0.5, 0.6) is 0 Å². The largest absolute Gasteiger partial charge is 0.395 e.